The van der Waals surface area contributed by atoms with Crippen LogP contribution in [0.3, 0.4) is 0 Å². The van der Waals surface area contributed by atoms with Gasteiger partial charge in [-0.3, -0.25) is 0 Å². The lowest BCUT2D eigenvalue weighted by molar-refractivity contribution is 0.328. The van der Waals surface area contributed by atoms with E-state index in [0.29, 0.717) is 0 Å². The normalized spacial score (nSPS) is 11.4. The zero-order valence-electron chi connectivity index (χ0n) is 9.10. The molecule has 2 aromatic rings. The lowest BCUT2D eigenvalue weighted by Gasteiger charge is -2.15. The van der Waals surface area contributed by atoms with Crippen molar-refractivity contribution in [1.82, 2.24) is 13.6 Å². The third-order valence-corrected chi connectivity index (χ3v) is 2.96. The smallest absolute Gasteiger partial charge is 0.109 e. The Balaban J connectivity index is 2.23. The van der Waals surface area contributed by atoms with Crippen LogP contribution in [0.1, 0.15) is 18.9 Å². The Labute approximate surface area is 94.1 Å². The van der Waals surface area contributed by atoms with Gasteiger partial charge >= 0.3 is 0 Å². The second-order valence-electron chi connectivity index (χ2n) is 3.79. The molecule has 0 radical (unpaired) electrons. The monoisotopic (exact) mass is 221 g/mol. The predicted octanol–water partition coefficient (Wildman–Crippen LogP) is 2.53. The summed E-state index contributed by atoms with van der Waals surface area (Å²) >= 11 is 1.29. The van der Waals surface area contributed by atoms with Crippen LogP contribution in [0.2, 0.25) is 0 Å². The summed E-state index contributed by atoms with van der Waals surface area (Å²) in [4.78, 5) is 2.31. The van der Waals surface area contributed by atoms with Gasteiger partial charge < -0.3 is 4.90 Å². The van der Waals surface area contributed by atoms with Crippen molar-refractivity contribution in [3.05, 3.63) is 23.8 Å². The summed E-state index contributed by atoms with van der Waals surface area (Å²) in [5.74, 6) is 0. The van der Waals surface area contributed by atoms with E-state index in [1.165, 1.54) is 23.7 Å². The minimum absolute atomic E-state index is 0.955. The largest absolute Gasteiger partial charge is 0.302 e. The molecule has 0 aliphatic carbocycles. The van der Waals surface area contributed by atoms with E-state index < -0.39 is 0 Å². The van der Waals surface area contributed by atoms with Crippen molar-refractivity contribution in [3.63, 3.8) is 0 Å². The van der Waals surface area contributed by atoms with Gasteiger partial charge in [0.15, 0.2) is 0 Å². The fourth-order valence-corrected chi connectivity index (χ4v) is 2.31. The summed E-state index contributed by atoms with van der Waals surface area (Å²) in [5.41, 5.74) is 3.35. The van der Waals surface area contributed by atoms with Gasteiger partial charge in [-0.25, -0.2) is 0 Å². The average molecular weight is 221 g/mol. The Bertz CT molecular complexity index is 438. The van der Waals surface area contributed by atoms with Crippen LogP contribution in [0.25, 0.3) is 11.0 Å². The quantitative estimate of drug-likeness (QED) is 0.794. The molecular weight excluding hydrogens is 206 g/mol. The van der Waals surface area contributed by atoms with Gasteiger partial charge in [-0.05, 0) is 31.6 Å². The van der Waals surface area contributed by atoms with Crippen LogP contribution < -0.4 is 0 Å². The Hall–Kier alpha value is -1.00. The van der Waals surface area contributed by atoms with Crippen LogP contribution in [0.4, 0.5) is 0 Å². The van der Waals surface area contributed by atoms with Gasteiger partial charge in [-0.1, -0.05) is 19.1 Å². The first-order chi connectivity index (χ1) is 7.31. The van der Waals surface area contributed by atoms with E-state index in [1.807, 2.05) is 6.07 Å². The highest BCUT2D eigenvalue weighted by atomic mass is 32.1. The molecule has 0 aliphatic rings. The zero-order chi connectivity index (χ0) is 10.7. The summed E-state index contributed by atoms with van der Waals surface area (Å²) in [6.07, 6.45) is 1.18. The van der Waals surface area contributed by atoms with E-state index in [4.69, 9.17) is 0 Å². The molecule has 80 valence electrons. The highest BCUT2D eigenvalue weighted by Gasteiger charge is 2.06. The summed E-state index contributed by atoms with van der Waals surface area (Å²) in [7, 11) is 2.14. The number of hydrogen-bond donors (Lipinski definition) is 0. The van der Waals surface area contributed by atoms with Gasteiger partial charge in [0.25, 0.3) is 0 Å². The molecule has 0 unspecified atom stereocenters. The molecule has 0 saturated carbocycles. The van der Waals surface area contributed by atoms with Crippen molar-refractivity contribution in [3.8, 4) is 0 Å². The molecule has 1 aromatic carbocycles. The van der Waals surface area contributed by atoms with Gasteiger partial charge in [0.05, 0.1) is 11.7 Å². The maximum Gasteiger partial charge on any atom is 0.109 e. The summed E-state index contributed by atoms with van der Waals surface area (Å²) < 4.78 is 8.58. The molecule has 15 heavy (non-hydrogen) atoms. The second kappa shape index (κ2) is 4.68. The third-order valence-electron chi connectivity index (χ3n) is 2.42. The van der Waals surface area contributed by atoms with E-state index in [-0.39, 0.29) is 0 Å². The number of benzene rings is 1. The van der Waals surface area contributed by atoms with Crippen LogP contribution in [0, 0.1) is 0 Å². The van der Waals surface area contributed by atoms with Crippen molar-refractivity contribution in [2.75, 3.05) is 13.6 Å². The third kappa shape index (κ3) is 2.33. The van der Waals surface area contributed by atoms with E-state index in [2.05, 4.69) is 39.8 Å². The molecular formula is C11H15N3S. The summed E-state index contributed by atoms with van der Waals surface area (Å²) in [5, 5.41) is 0. The second-order valence-corrected chi connectivity index (χ2v) is 4.32. The van der Waals surface area contributed by atoms with Crippen molar-refractivity contribution >= 4 is 22.8 Å². The average Bonchev–Trinajstić information content (AvgIpc) is 2.67. The SMILES string of the molecule is CCCN(C)Cc1cccc2nsnc12. The Kier molecular flexibility index (Phi) is 3.28. The van der Waals surface area contributed by atoms with E-state index in [1.54, 1.807) is 0 Å². The van der Waals surface area contributed by atoms with E-state index in [0.717, 1.165) is 24.1 Å². The Morgan fingerprint density at radius 3 is 3.00 bits per heavy atom. The standard InChI is InChI=1S/C11H15N3S/c1-3-7-14(2)8-9-5-4-6-10-11(9)13-15-12-10/h4-6H,3,7-8H2,1-2H3. The van der Waals surface area contributed by atoms with E-state index >= 15 is 0 Å². The Morgan fingerprint density at radius 1 is 1.33 bits per heavy atom. The predicted molar refractivity (Wildman–Crippen MR) is 64.0 cm³/mol. The molecule has 0 aliphatic heterocycles. The fourth-order valence-electron chi connectivity index (χ4n) is 1.74. The van der Waals surface area contributed by atoms with Crippen LogP contribution in [-0.2, 0) is 6.54 Å². The van der Waals surface area contributed by atoms with Crippen molar-refractivity contribution < 1.29 is 0 Å². The topological polar surface area (TPSA) is 29.0 Å². The van der Waals surface area contributed by atoms with Gasteiger partial charge in [-0.2, -0.15) is 8.75 Å². The molecule has 3 nitrogen and oxygen atoms in total. The zero-order valence-corrected chi connectivity index (χ0v) is 9.92. The van der Waals surface area contributed by atoms with Gasteiger partial charge in [0.1, 0.15) is 11.0 Å². The first-order valence-electron chi connectivity index (χ1n) is 5.20. The molecule has 4 heteroatoms. The summed E-state index contributed by atoms with van der Waals surface area (Å²) in [6, 6.07) is 6.21. The number of rotatable bonds is 4. The van der Waals surface area contributed by atoms with Gasteiger partial charge in [0, 0.05) is 6.54 Å². The number of hydrogen-bond acceptors (Lipinski definition) is 4. The van der Waals surface area contributed by atoms with Crippen LogP contribution in [-0.4, -0.2) is 27.2 Å². The highest BCUT2D eigenvalue weighted by molar-refractivity contribution is 7.00. The van der Waals surface area contributed by atoms with Crippen molar-refractivity contribution in [2.24, 2.45) is 0 Å². The molecule has 2 rings (SSSR count). The number of aromatic nitrogens is 2. The minimum Gasteiger partial charge on any atom is -0.302 e. The van der Waals surface area contributed by atoms with Crippen molar-refractivity contribution in [2.45, 2.75) is 19.9 Å². The molecule has 0 spiro atoms. The maximum atomic E-state index is 4.34. The minimum atomic E-state index is 0.955. The lowest BCUT2D eigenvalue weighted by atomic mass is 10.1. The highest BCUT2D eigenvalue weighted by Crippen LogP contribution is 2.17. The van der Waals surface area contributed by atoms with Crippen molar-refractivity contribution in [1.29, 1.82) is 0 Å². The molecule has 0 bridgehead atoms. The molecule has 1 heterocycles. The molecule has 0 amide bonds. The number of nitrogens with zero attached hydrogens (tertiary/aromatic N) is 3. The Morgan fingerprint density at radius 2 is 2.20 bits per heavy atom. The molecule has 0 N–H and O–H groups in total. The van der Waals surface area contributed by atoms with E-state index in [9.17, 15) is 0 Å². The van der Waals surface area contributed by atoms with Crippen LogP contribution >= 0.6 is 11.7 Å². The maximum absolute atomic E-state index is 4.34. The number of fused-ring (bicyclic) bond motifs is 1. The first kappa shape index (κ1) is 10.5. The van der Waals surface area contributed by atoms with Gasteiger partial charge in [-0.15, -0.1) is 0 Å². The summed E-state index contributed by atoms with van der Waals surface area (Å²) in [6.45, 7) is 4.27. The molecule has 0 fully saturated rings. The molecule has 0 atom stereocenters. The lowest BCUT2D eigenvalue weighted by Crippen LogP contribution is -2.18. The first-order valence-corrected chi connectivity index (χ1v) is 5.93. The fraction of sp³-hybridized carbons (Fsp3) is 0.455. The van der Waals surface area contributed by atoms with Crippen LogP contribution in [0.5, 0.6) is 0 Å². The molecule has 1 aromatic heterocycles. The molecule has 0 saturated heterocycles. The van der Waals surface area contributed by atoms with Crippen LogP contribution in [0.15, 0.2) is 18.2 Å². The van der Waals surface area contributed by atoms with Gasteiger partial charge in [0.2, 0.25) is 0 Å².